The number of hydrogen-bond acceptors (Lipinski definition) is 5. The molecule has 0 aliphatic carbocycles. The zero-order chi connectivity index (χ0) is 12.1. The van der Waals surface area contributed by atoms with Gasteiger partial charge in [0.1, 0.15) is 6.33 Å². The predicted octanol–water partition coefficient (Wildman–Crippen LogP) is 1.82. The zero-order valence-electron chi connectivity index (χ0n) is 9.92. The smallest absolute Gasteiger partial charge is 0.341 e. The first kappa shape index (κ1) is 11.4. The van der Waals surface area contributed by atoms with Crippen LogP contribution in [0.5, 0.6) is 11.8 Å². The van der Waals surface area contributed by atoms with Crippen molar-refractivity contribution >= 4 is 5.69 Å². The quantitative estimate of drug-likeness (QED) is 0.853. The minimum atomic E-state index is 0.321. The number of pyridine rings is 1. The Labute approximate surface area is 99.7 Å². The number of anilines is 1. The highest BCUT2D eigenvalue weighted by molar-refractivity contribution is 5.45. The highest BCUT2D eigenvalue weighted by Gasteiger charge is 2.03. The summed E-state index contributed by atoms with van der Waals surface area (Å²) in [5.41, 5.74) is 0.931. The van der Waals surface area contributed by atoms with Gasteiger partial charge >= 0.3 is 6.01 Å². The summed E-state index contributed by atoms with van der Waals surface area (Å²) < 4.78 is 7.06. The van der Waals surface area contributed by atoms with Crippen LogP contribution in [0.4, 0.5) is 5.69 Å². The van der Waals surface area contributed by atoms with E-state index in [0.29, 0.717) is 11.8 Å². The molecule has 2 aromatic rings. The lowest BCUT2D eigenvalue weighted by Gasteiger charge is -2.05. The van der Waals surface area contributed by atoms with E-state index in [1.54, 1.807) is 30.5 Å². The van der Waals surface area contributed by atoms with Crippen molar-refractivity contribution in [1.29, 1.82) is 0 Å². The molecule has 6 heteroatoms. The normalized spacial score (nSPS) is 10.2. The average molecular weight is 233 g/mol. The summed E-state index contributed by atoms with van der Waals surface area (Å²) in [6.07, 6.45) is 6.04. The first-order valence-electron chi connectivity index (χ1n) is 5.50. The van der Waals surface area contributed by atoms with Crippen molar-refractivity contribution in [2.24, 2.45) is 7.05 Å². The molecule has 0 saturated carbocycles. The molecule has 6 nitrogen and oxygen atoms in total. The molecule has 0 saturated heterocycles. The molecule has 2 heterocycles. The fourth-order valence-corrected chi connectivity index (χ4v) is 1.31. The first-order valence-corrected chi connectivity index (χ1v) is 5.50. The van der Waals surface area contributed by atoms with E-state index in [-0.39, 0.29) is 0 Å². The molecule has 0 unspecified atom stereocenters. The molecule has 0 fully saturated rings. The third-order valence-electron chi connectivity index (χ3n) is 2.08. The van der Waals surface area contributed by atoms with Gasteiger partial charge in [-0.3, -0.25) is 9.67 Å². The fraction of sp³-hybridized carbons (Fsp3) is 0.364. The van der Waals surface area contributed by atoms with Crippen LogP contribution in [0, 0.1) is 0 Å². The summed E-state index contributed by atoms with van der Waals surface area (Å²) in [7, 11) is 1.79. The highest BCUT2D eigenvalue weighted by atomic mass is 16.5. The fourth-order valence-electron chi connectivity index (χ4n) is 1.31. The maximum absolute atomic E-state index is 5.47. The van der Waals surface area contributed by atoms with Crippen LogP contribution in [-0.2, 0) is 7.05 Å². The summed E-state index contributed by atoms with van der Waals surface area (Å²) >= 11 is 0. The standard InChI is InChI=1S/C11H15N5O/c1-3-4-13-9-5-10(7-12-6-9)17-11-14-8-16(2)15-11/h5-8,13H,3-4H2,1-2H3. The molecular weight excluding hydrogens is 218 g/mol. The van der Waals surface area contributed by atoms with Gasteiger partial charge in [-0.05, 0) is 6.42 Å². The van der Waals surface area contributed by atoms with E-state index in [9.17, 15) is 0 Å². The van der Waals surface area contributed by atoms with Crippen molar-refractivity contribution < 1.29 is 4.74 Å². The van der Waals surface area contributed by atoms with E-state index >= 15 is 0 Å². The van der Waals surface area contributed by atoms with Crippen molar-refractivity contribution in [3.63, 3.8) is 0 Å². The second-order valence-corrected chi connectivity index (χ2v) is 3.64. The van der Waals surface area contributed by atoms with Crippen LogP contribution in [0.15, 0.2) is 24.8 Å². The SMILES string of the molecule is CCCNc1cncc(Oc2ncn(C)n2)c1. The average Bonchev–Trinajstić information content (AvgIpc) is 2.73. The number of hydrogen-bond donors (Lipinski definition) is 1. The first-order chi connectivity index (χ1) is 8.28. The van der Waals surface area contributed by atoms with Gasteiger partial charge in [0.25, 0.3) is 0 Å². The second kappa shape index (κ2) is 5.29. The third-order valence-corrected chi connectivity index (χ3v) is 2.08. The minimum Gasteiger partial charge on any atom is -0.421 e. The van der Waals surface area contributed by atoms with E-state index in [1.807, 2.05) is 6.07 Å². The number of nitrogens with zero attached hydrogens (tertiary/aromatic N) is 4. The van der Waals surface area contributed by atoms with E-state index in [2.05, 4.69) is 27.3 Å². The van der Waals surface area contributed by atoms with Gasteiger partial charge in [-0.15, -0.1) is 5.10 Å². The number of aromatic nitrogens is 4. The van der Waals surface area contributed by atoms with E-state index in [0.717, 1.165) is 18.7 Å². The Kier molecular flexibility index (Phi) is 3.54. The van der Waals surface area contributed by atoms with Crippen LogP contribution in [0.25, 0.3) is 0 Å². The van der Waals surface area contributed by atoms with Gasteiger partial charge in [0.15, 0.2) is 5.75 Å². The predicted molar refractivity (Wildman–Crippen MR) is 64.1 cm³/mol. The van der Waals surface area contributed by atoms with Gasteiger partial charge in [0.05, 0.1) is 18.1 Å². The molecule has 0 amide bonds. The number of ether oxygens (including phenoxy) is 1. The highest BCUT2D eigenvalue weighted by Crippen LogP contribution is 2.19. The van der Waals surface area contributed by atoms with Crippen LogP contribution in [0.1, 0.15) is 13.3 Å². The van der Waals surface area contributed by atoms with Crippen molar-refractivity contribution in [3.05, 3.63) is 24.8 Å². The minimum absolute atomic E-state index is 0.321. The van der Waals surface area contributed by atoms with Crippen molar-refractivity contribution in [3.8, 4) is 11.8 Å². The van der Waals surface area contributed by atoms with Gasteiger partial charge in [0, 0.05) is 19.7 Å². The molecule has 0 spiro atoms. The van der Waals surface area contributed by atoms with Crippen LogP contribution in [-0.4, -0.2) is 26.3 Å². The van der Waals surface area contributed by atoms with Crippen LogP contribution in [0.3, 0.4) is 0 Å². The van der Waals surface area contributed by atoms with Gasteiger partial charge in [-0.1, -0.05) is 6.92 Å². The Hall–Kier alpha value is -2.11. The molecule has 90 valence electrons. The molecule has 2 aromatic heterocycles. The Morgan fingerprint density at radius 2 is 2.29 bits per heavy atom. The van der Waals surface area contributed by atoms with Gasteiger partial charge < -0.3 is 10.1 Å². The number of nitrogens with one attached hydrogen (secondary N) is 1. The molecule has 17 heavy (non-hydrogen) atoms. The third kappa shape index (κ3) is 3.17. The molecule has 1 N–H and O–H groups in total. The summed E-state index contributed by atoms with van der Waals surface area (Å²) in [5, 5.41) is 7.27. The summed E-state index contributed by atoms with van der Waals surface area (Å²) in [6.45, 7) is 3.02. The molecule has 0 aliphatic heterocycles. The monoisotopic (exact) mass is 233 g/mol. The molecule has 0 aliphatic rings. The molecular formula is C11H15N5O. The lowest BCUT2D eigenvalue weighted by atomic mass is 10.4. The van der Waals surface area contributed by atoms with Crippen molar-refractivity contribution in [2.75, 3.05) is 11.9 Å². The molecule has 0 atom stereocenters. The second-order valence-electron chi connectivity index (χ2n) is 3.64. The Bertz CT molecular complexity index is 482. The Balaban J connectivity index is 2.05. The largest absolute Gasteiger partial charge is 0.421 e. The lowest BCUT2D eigenvalue weighted by Crippen LogP contribution is -2.00. The van der Waals surface area contributed by atoms with Gasteiger partial charge in [-0.25, -0.2) is 0 Å². The summed E-state index contributed by atoms with van der Waals surface area (Å²) in [5.74, 6) is 0.623. The van der Waals surface area contributed by atoms with E-state index < -0.39 is 0 Å². The van der Waals surface area contributed by atoms with Crippen LogP contribution >= 0.6 is 0 Å². The number of rotatable bonds is 5. The van der Waals surface area contributed by atoms with E-state index in [4.69, 9.17) is 4.74 Å². The van der Waals surface area contributed by atoms with Gasteiger partial charge in [0.2, 0.25) is 0 Å². The maximum atomic E-state index is 5.47. The topological polar surface area (TPSA) is 64.9 Å². The lowest BCUT2D eigenvalue weighted by molar-refractivity contribution is 0.437. The Morgan fingerprint density at radius 3 is 3.00 bits per heavy atom. The summed E-state index contributed by atoms with van der Waals surface area (Å²) in [6, 6.07) is 2.20. The molecule has 0 aromatic carbocycles. The van der Waals surface area contributed by atoms with Gasteiger partial charge in [-0.2, -0.15) is 4.98 Å². The van der Waals surface area contributed by atoms with Crippen molar-refractivity contribution in [1.82, 2.24) is 19.7 Å². The molecule has 2 rings (SSSR count). The molecule has 0 radical (unpaired) electrons. The van der Waals surface area contributed by atoms with Crippen molar-refractivity contribution in [2.45, 2.75) is 13.3 Å². The zero-order valence-corrected chi connectivity index (χ0v) is 9.92. The number of aryl methyl sites for hydroxylation is 1. The molecule has 0 bridgehead atoms. The summed E-state index contributed by atoms with van der Waals surface area (Å²) in [4.78, 5) is 8.07. The maximum Gasteiger partial charge on any atom is 0.341 e. The van der Waals surface area contributed by atoms with Crippen LogP contribution in [0.2, 0.25) is 0 Å². The van der Waals surface area contributed by atoms with E-state index in [1.165, 1.54) is 0 Å². The Morgan fingerprint density at radius 1 is 1.41 bits per heavy atom. The van der Waals surface area contributed by atoms with Crippen LogP contribution < -0.4 is 10.1 Å².